The highest BCUT2D eigenvalue weighted by molar-refractivity contribution is 7.82. The molecule has 134 valence electrons. The molecule has 0 heterocycles. The van der Waals surface area contributed by atoms with Crippen LogP contribution in [-0.2, 0) is 4.79 Å². The van der Waals surface area contributed by atoms with Crippen LogP contribution in [0.1, 0.15) is 18.1 Å². The van der Waals surface area contributed by atoms with Crippen LogP contribution in [0.25, 0.3) is 0 Å². The van der Waals surface area contributed by atoms with E-state index in [4.69, 9.17) is 12.2 Å². The number of nitrogens with zero attached hydrogens (tertiary/aromatic N) is 2. The topological polar surface area (TPSA) is 117 Å². The van der Waals surface area contributed by atoms with Crippen molar-refractivity contribution < 1.29 is 14.8 Å². The fraction of sp³-hybridized carbons (Fsp3) is 0.118. The molecule has 0 aliphatic carbocycles. The monoisotopic (exact) mass is 372 g/mol. The van der Waals surface area contributed by atoms with Gasteiger partial charge in [-0.3, -0.25) is 20.3 Å². The number of phenols is 1. The molecule has 3 N–H and O–H groups in total. The lowest BCUT2D eigenvalue weighted by Crippen LogP contribution is -2.31. The van der Waals surface area contributed by atoms with Gasteiger partial charge in [-0.2, -0.15) is 5.10 Å². The van der Waals surface area contributed by atoms with Crippen LogP contribution < -0.4 is 10.7 Å². The Labute approximate surface area is 154 Å². The van der Waals surface area contributed by atoms with Crippen molar-refractivity contribution in [1.29, 1.82) is 0 Å². The molecule has 9 heteroatoms. The van der Waals surface area contributed by atoms with E-state index < -0.39 is 10.8 Å². The number of para-hydroxylation sites is 1. The Kier molecular flexibility index (Phi) is 5.97. The minimum Gasteiger partial charge on any atom is -0.507 e. The fourth-order valence-electron chi connectivity index (χ4n) is 2.07. The number of aryl methyl sites for hydroxylation is 1. The van der Waals surface area contributed by atoms with E-state index in [-0.39, 0.29) is 27.7 Å². The van der Waals surface area contributed by atoms with Crippen LogP contribution in [0, 0.1) is 17.0 Å². The number of non-ortho nitro benzene ring substituents is 1. The highest BCUT2D eigenvalue weighted by Gasteiger charge is 2.14. The van der Waals surface area contributed by atoms with E-state index in [9.17, 15) is 20.0 Å². The summed E-state index contributed by atoms with van der Waals surface area (Å²) in [7, 11) is 0. The van der Waals surface area contributed by atoms with Gasteiger partial charge in [0.15, 0.2) is 4.99 Å². The first kappa shape index (κ1) is 19.0. The van der Waals surface area contributed by atoms with Gasteiger partial charge in [0.05, 0.1) is 10.6 Å². The predicted molar refractivity (Wildman–Crippen MR) is 103 cm³/mol. The Hall–Kier alpha value is -3.33. The second-order valence-corrected chi connectivity index (χ2v) is 5.77. The van der Waals surface area contributed by atoms with Crippen molar-refractivity contribution in [3.63, 3.8) is 0 Å². The van der Waals surface area contributed by atoms with E-state index in [1.807, 2.05) is 19.1 Å². The number of hydrogen-bond acceptors (Lipinski definition) is 6. The van der Waals surface area contributed by atoms with Crippen LogP contribution >= 0.6 is 12.2 Å². The van der Waals surface area contributed by atoms with E-state index in [0.29, 0.717) is 5.69 Å². The van der Waals surface area contributed by atoms with Gasteiger partial charge in [-0.1, -0.05) is 30.4 Å². The number of hydrazone groups is 1. The van der Waals surface area contributed by atoms with Crippen molar-refractivity contribution in [1.82, 2.24) is 5.43 Å². The number of benzene rings is 2. The molecule has 0 spiro atoms. The number of rotatable bonds is 4. The second kappa shape index (κ2) is 8.17. The number of carbonyl (C=O) groups excluding carboxylic acids is 1. The summed E-state index contributed by atoms with van der Waals surface area (Å²) in [6.45, 7) is 3.37. The van der Waals surface area contributed by atoms with Crippen molar-refractivity contribution >= 4 is 40.2 Å². The Morgan fingerprint density at radius 2 is 1.96 bits per heavy atom. The van der Waals surface area contributed by atoms with Gasteiger partial charge in [0.25, 0.3) is 11.6 Å². The fourth-order valence-corrected chi connectivity index (χ4v) is 2.16. The lowest BCUT2D eigenvalue weighted by atomic mass is 10.1. The number of nitro groups is 1. The van der Waals surface area contributed by atoms with Gasteiger partial charge in [-0.05, 0) is 31.5 Å². The van der Waals surface area contributed by atoms with Crippen LogP contribution in [0.15, 0.2) is 47.6 Å². The average Bonchev–Trinajstić information content (AvgIpc) is 2.61. The van der Waals surface area contributed by atoms with E-state index >= 15 is 0 Å². The number of hydrogen-bond donors (Lipinski definition) is 3. The van der Waals surface area contributed by atoms with Gasteiger partial charge >= 0.3 is 0 Å². The third-order valence-corrected chi connectivity index (χ3v) is 3.78. The SMILES string of the molecule is C/C(=N\NC(=S)C(=O)Nc1ccccc1C)c1cc([N+](=O)[O-])ccc1O. The summed E-state index contributed by atoms with van der Waals surface area (Å²) in [5.74, 6) is -0.719. The molecule has 0 aliphatic rings. The van der Waals surface area contributed by atoms with Gasteiger partial charge in [0, 0.05) is 23.4 Å². The van der Waals surface area contributed by atoms with Crippen molar-refractivity contribution in [2.75, 3.05) is 5.32 Å². The zero-order chi connectivity index (χ0) is 19.3. The number of thiocarbonyl (C=S) groups is 1. The largest absolute Gasteiger partial charge is 0.507 e. The first-order valence-corrected chi connectivity index (χ1v) is 7.89. The zero-order valence-corrected chi connectivity index (χ0v) is 14.8. The number of anilines is 1. The maximum atomic E-state index is 12.1. The van der Waals surface area contributed by atoms with E-state index in [2.05, 4.69) is 15.8 Å². The minimum absolute atomic E-state index is 0.161. The summed E-state index contributed by atoms with van der Waals surface area (Å²) in [6.07, 6.45) is 0. The number of nitro benzene ring substituents is 1. The van der Waals surface area contributed by atoms with Crippen molar-refractivity contribution in [3.8, 4) is 5.75 Å². The third kappa shape index (κ3) is 4.61. The number of amides is 1. The van der Waals surface area contributed by atoms with E-state index in [0.717, 1.165) is 5.56 Å². The van der Waals surface area contributed by atoms with Gasteiger partial charge in [-0.15, -0.1) is 0 Å². The molecule has 2 aromatic rings. The summed E-state index contributed by atoms with van der Waals surface area (Å²) in [6, 6.07) is 10.8. The lowest BCUT2D eigenvalue weighted by molar-refractivity contribution is -0.384. The number of aromatic hydroxyl groups is 1. The zero-order valence-electron chi connectivity index (χ0n) is 14.0. The van der Waals surface area contributed by atoms with Gasteiger partial charge in [0.1, 0.15) is 5.75 Å². The molecular weight excluding hydrogens is 356 g/mol. The van der Waals surface area contributed by atoms with Gasteiger partial charge in [0.2, 0.25) is 0 Å². The smallest absolute Gasteiger partial charge is 0.284 e. The highest BCUT2D eigenvalue weighted by Crippen LogP contribution is 2.23. The minimum atomic E-state index is -0.579. The van der Waals surface area contributed by atoms with Crippen LogP contribution in [0.5, 0.6) is 5.75 Å². The maximum absolute atomic E-state index is 12.1. The summed E-state index contributed by atoms with van der Waals surface area (Å²) < 4.78 is 0. The van der Waals surface area contributed by atoms with Crippen molar-refractivity contribution in [2.24, 2.45) is 5.10 Å². The Balaban J connectivity index is 2.10. The Morgan fingerprint density at radius 3 is 2.62 bits per heavy atom. The molecule has 0 fully saturated rings. The van der Waals surface area contributed by atoms with Crippen LogP contribution in [-0.4, -0.2) is 26.6 Å². The molecule has 2 rings (SSSR count). The molecule has 0 radical (unpaired) electrons. The quantitative estimate of drug-likeness (QED) is 0.329. The molecule has 1 amide bonds. The van der Waals surface area contributed by atoms with Crippen molar-refractivity contribution in [3.05, 3.63) is 63.7 Å². The molecule has 26 heavy (non-hydrogen) atoms. The van der Waals surface area contributed by atoms with Crippen LogP contribution in [0.2, 0.25) is 0 Å². The standard InChI is InChI=1S/C17H16N4O4S/c1-10-5-3-4-6-14(10)18-16(23)17(26)20-19-11(2)13-9-12(21(24)25)7-8-15(13)22/h3-9,22H,1-2H3,(H,18,23)(H,20,26)/b19-11+. The third-order valence-electron chi connectivity index (χ3n) is 3.51. The molecule has 0 saturated heterocycles. The average molecular weight is 372 g/mol. The summed E-state index contributed by atoms with van der Waals surface area (Å²) in [4.78, 5) is 22.2. The predicted octanol–water partition coefficient (Wildman–Crippen LogP) is 2.89. The molecule has 0 bridgehead atoms. The number of phenolic OH excluding ortho intramolecular Hbond substituents is 1. The van der Waals surface area contributed by atoms with Crippen LogP contribution in [0.4, 0.5) is 11.4 Å². The molecule has 8 nitrogen and oxygen atoms in total. The molecule has 2 aromatic carbocycles. The first-order chi connectivity index (χ1) is 12.3. The first-order valence-electron chi connectivity index (χ1n) is 7.48. The summed E-state index contributed by atoms with van der Waals surface area (Å²) >= 11 is 4.99. The van der Waals surface area contributed by atoms with Gasteiger partial charge in [-0.25, -0.2) is 0 Å². The van der Waals surface area contributed by atoms with E-state index in [1.54, 1.807) is 12.1 Å². The normalized spacial score (nSPS) is 10.9. The Bertz CT molecular complexity index is 911. The van der Waals surface area contributed by atoms with Crippen LogP contribution in [0.3, 0.4) is 0 Å². The lowest BCUT2D eigenvalue weighted by Gasteiger charge is -2.09. The van der Waals surface area contributed by atoms with Crippen molar-refractivity contribution in [2.45, 2.75) is 13.8 Å². The molecule has 0 unspecified atom stereocenters. The molecule has 0 saturated carbocycles. The molecule has 0 aliphatic heterocycles. The number of carbonyl (C=O) groups is 1. The second-order valence-electron chi connectivity index (χ2n) is 5.37. The summed E-state index contributed by atoms with van der Waals surface area (Å²) in [5.41, 5.74) is 4.13. The van der Waals surface area contributed by atoms with Gasteiger partial charge < -0.3 is 10.4 Å². The molecule has 0 aromatic heterocycles. The molecular formula is C17H16N4O4S. The summed E-state index contributed by atoms with van der Waals surface area (Å²) in [5, 5.41) is 27.3. The maximum Gasteiger partial charge on any atom is 0.284 e. The Morgan fingerprint density at radius 1 is 1.27 bits per heavy atom. The molecule has 0 atom stereocenters. The highest BCUT2D eigenvalue weighted by atomic mass is 32.1. The van der Waals surface area contributed by atoms with E-state index in [1.165, 1.54) is 25.1 Å². The number of nitrogens with one attached hydrogen (secondary N) is 2.